The summed E-state index contributed by atoms with van der Waals surface area (Å²) in [6, 6.07) is 8.55. The first-order chi connectivity index (χ1) is 9.24. The zero-order valence-electron chi connectivity index (χ0n) is 11.9. The molecule has 0 aliphatic heterocycles. The second-order valence-corrected chi connectivity index (χ2v) is 5.54. The minimum absolute atomic E-state index is 0.337. The first-order valence-corrected chi connectivity index (χ1v) is 7.22. The summed E-state index contributed by atoms with van der Waals surface area (Å²) >= 11 is 0. The lowest BCUT2D eigenvalue weighted by atomic mass is 9.96. The van der Waals surface area contributed by atoms with Crippen LogP contribution in [0.15, 0.2) is 24.3 Å². The van der Waals surface area contributed by atoms with Gasteiger partial charge in [0.05, 0.1) is 7.11 Å². The highest BCUT2D eigenvalue weighted by atomic mass is 16.5. The number of aliphatic hydroxyl groups is 1. The smallest absolute Gasteiger partial charge is 0.118 e. The van der Waals surface area contributed by atoms with Crippen molar-refractivity contribution < 1.29 is 9.84 Å². The third kappa shape index (κ3) is 3.71. The monoisotopic (exact) mass is 263 g/mol. The molecule has 3 nitrogen and oxygen atoms in total. The van der Waals surface area contributed by atoms with E-state index in [4.69, 9.17) is 4.74 Å². The van der Waals surface area contributed by atoms with Crippen LogP contribution in [0.25, 0.3) is 0 Å². The molecule has 106 valence electrons. The van der Waals surface area contributed by atoms with Gasteiger partial charge in [-0.3, -0.25) is 0 Å². The topological polar surface area (TPSA) is 41.5 Å². The van der Waals surface area contributed by atoms with Gasteiger partial charge < -0.3 is 15.2 Å². The average molecular weight is 263 g/mol. The van der Waals surface area contributed by atoms with Crippen molar-refractivity contribution in [2.45, 2.75) is 32.2 Å². The summed E-state index contributed by atoms with van der Waals surface area (Å²) in [5, 5.41) is 12.9. The van der Waals surface area contributed by atoms with Crippen LogP contribution in [-0.2, 0) is 0 Å². The van der Waals surface area contributed by atoms with Crippen LogP contribution in [0.4, 0.5) is 0 Å². The SMILES string of the molecule is COc1ccc(C(C)NCC2CCCC2CO)cc1. The predicted octanol–water partition coefficient (Wildman–Crippen LogP) is 2.75. The number of methoxy groups -OCH3 is 1. The maximum Gasteiger partial charge on any atom is 0.118 e. The van der Waals surface area contributed by atoms with E-state index in [2.05, 4.69) is 24.4 Å². The van der Waals surface area contributed by atoms with Crippen LogP contribution in [0.3, 0.4) is 0 Å². The Morgan fingerprint density at radius 3 is 2.58 bits per heavy atom. The van der Waals surface area contributed by atoms with Crippen molar-refractivity contribution in [1.82, 2.24) is 5.32 Å². The van der Waals surface area contributed by atoms with Crippen LogP contribution in [-0.4, -0.2) is 25.4 Å². The lowest BCUT2D eigenvalue weighted by Gasteiger charge is -2.21. The Morgan fingerprint density at radius 2 is 1.95 bits per heavy atom. The lowest BCUT2D eigenvalue weighted by Crippen LogP contribution is -2.28. The Bertz CT molecular complexity index is 377. The highest BCUT2D eigenvalue weighted by Crippen LogP contribution is 2.31. The molecule has 3 unspecified atom stereocenters. The summed E-state index contributed by atoms with van der Waals surface area (Å²) in [5.74, 6) is 2.02. The molecule has 1 aliphatic rings. The number of rotatable bonds is 6. The van der Waals surface area contributed by atoms with Crippen molar-refractivity contribution in [3.05, 3.63) is 29.8 Å². The summed E-state index contributed by atoms with van der Waals surface area (Å²) in [5.41, 5.74) is 1.28. The summed E-state index contributed by atoms with van der Waals surface area (Å²) in [6.07, 6.45) is 3.68. The average Bonchev–Trinajstić information content (AvgIpc) is 2.92. The molecule has 2 N–H and O–H groups in total. The maximum atomic E-state index is 9.33. The van der Waals surface area contributed by atoms with Crippen molar-refractivity contribution in [3.63, 3.8) is 0 Å². The first kappa shape index (κ1) is 14.4. The van der Waals surface area contributed by atoms with Gasteiger partial charge >= 0.3 is 0 Å². The van der Waals surface area contributed by atoms with Crippen molar-refractivity contribution in [2.24, 2.45) is 11.8 Å². The van der Waals surface area contributed by atoms with Gasteiger partial charge in [0, 0.05) is 12.6 Å². The minimum atomic E-state index is 0.337. The van der Waals surface area contributed by atoms with Gasteiger partial charge in [-0.15, -0.1) is 0 Å². The first-order valence-electron chi connectivity index (χ1n) is 7.22. The van der Waals surface area contributed by atoms with E-state index in [1.54, 1.807) is 7.11 Å². The molecular formula is C16H25NO2. The number of aliphatic hydroxyl groups excluding tert-OH is 1. The van der Waals surface area contributed by atoms with Gasteiger partial charge in [0.25, 0.3) is 0 Å². The van der Waals surface area contributed by atoms with Crippen molar-refractivity contribution >= 4 is 0 Å². The second kappa shape index (κ2) is 6.92. The fourth-order valence-electron chi connectivity index (χ4n) is 2.96. The molecule has 1 aliphatic carbocycles. The Labute approximate surface area is 116 Å². The number of hydrogen-bond acceptors (Lipinski definition) is 3. The third-order valence-corrected chi connectivity index (χ3v) is 4.35. The Kier molecular flexibility index (Phi) is 5.23. The molecule has 1 saturated carbocycles. The van der Waals surface area contributed by atoms with Crippen molar-refractivity contribution in [3.8, 4) is 5.75 Å². The van der Waals surface area contributed by atoms with Crippen LogP contribution in [0.1, 0.15) is 37.8 Å². The van der Waals surface area contributed by atoms with Gasteiger partial charge in [0.1, 0.15) is 5.75 Å². The Hall–Kier alpha value is -1.06. The zero-order chi connectivity index (χ0) is 13.7. The number of benzene rings is 1. The number of nitrogens with one attached hydrogen (secondary N) is 1. The molecule has 0 aromatic heterocycles. The summed E-state index contributed by atoms with van der Waals surface area (Å²) in [6.45, 7) is 3.52. The molecule has 3 atom stereocenters. The van der Waals surface area contributed by atoms with Crippen LogP contribution in [0, 0.1) is 11.8 Å². The molecule has 0 heterocycles. The molecule has 1 fully saturated rings. The van der Waals surface area contributed by atoms with Gasteiger partial charge in [-0.2, -0.15) is 0 Å². The van der Waals surface area contributed by atoms with Gasteiger partial charge in [-0.25, -0.2) is 0 Å². The van der Waals surface area contributed by atoms with Crippen LogP contribution >= 0.6 is 0 Å². The second-order valence-electron chi connectivity index (χ2n) is 5.54. The van der Waals surface area contributed by atoms with Crippen LogP contribution in [0.2, 0.25) is 0 Å². The molecule has 3 heteroatoms. The highest BCUT2D eigenvalue weighted by Gasteiger charge is 2.26. The van der Waals surface area contributed by atoms with Crippen LogP contribution in [0.5, 0.6) is 5.75 Å². The summed E-state index contributed by atoms with van der Waals surface area (Å²) in [7, 11) is 1.69. The van der Waals surface area contributed by atoms with E-state index >= 15 is 0 Å². The van der Waals surface area contributed by atoms with Crippen LogP contribution < -0.4 is 10.1 Å². The fraction of sp³-hybridized carbons (Fsp3) is 0.625. The van der Waals surface area contributed by atoms with Crippen molar-refractivity contribution in [2.75, 3.05) is 20.3 Å². The summed E-state index contributed by atoms with van der Waals surface area (Å²) < 4.78 is 5.17. The molecule has 2 rings (SSSR count). The Morgan fingerprint density at radius 1 is 1.26 bits per heavy atom. The number of hydrogen-bond donors (Lipinski definition) is 2. The standard InChI is InChI=1S/C16H25NO2/c1-12(13-6-8-16(19-2)9-7-13)17-10-14-4-3-5-15(14)11-18/h6-9,12,14-15,17-18H,3-5,10-11H2,1-2H3. The largest absolute Gasteiger partial charge is 0.497 e. The number of ether oxygens (including phenoxy) is 1. The van der Waals surface area contributed by atoms with Gasteiger partial charge in [0.15, 0.2) is 0 Å². The zero-order valence-corrected chi connectivity index (χ0v) is 11.9. The highest BCUT2D eigenvalue weighted by molar-refractivity contribution is 5.28. The van der Waals surface area contributed by atoms with Gasteiger partial charge in [-0.1, -0.05) is 18.6 Å². The summed E-state index contributed by atoms with van der Waals surface area (Å²) in [4.78, 5) is 0. The van der Waals surface area contributed by atoms with E-state index in [0.29, 0.717) is 24.5 Å². The quantitative estimate of drug-likeness (QED) is 0.829. The molecule has 0 saturated heterocycles. The lowest BCUT2D eigenvalue weighted by molar-refractivity contribution is 0.190. The molecule has 0 radical (unpaired) electrons. The predicted molar refractivity (Wildman–Crippen MR) is 77.3 cm³/mol. The molecule has 19 heavy (non-hydrogen) atoms. The third-order valence-electron chi connectivity index (χ3n) is 4.35. The fourth-order valence-corrected chi connectivity index (χ4v) is 2.96. The van der Waals surface area contributed by atoms with E-state index < -0.39 is 0 Å². The molecular weight excluding hydrogens is 238 g/mol. The molecule has 0 bridgehead atoms. The van der Waals surface area contributed by atoms with E-state index in [1.807, 2.05) is 12.1 Å². The molecule has 1 aromatic rings. The maximum absolute atomic E-state index is 9.33. The minimum Gasteiger partial charge on any atom is -0.497 e. The van der Waals surface area contributed by atoms with E-state index in [0.717, 1.165) is 12.3 Å². The van der Waals surface area contributed by atoms with Gasteiger partial charge in [0.2, 0.25) is 0 Å². The molecule has 0 amide bonds. The molecule has 0 spiro atoms. The van der Waals surface area contributed by atoms with Crippen molar-refractivity contribution in [1.29, 1.82) is 0 Å². The van der Waals surface area contributed by atoms with E-state index in [1.165, 1.54) is 24.8 Å². The van der Waals surface area contributed by atoms with E-state index in [-0.39, 0.29) is 0 Å². The van der Waals surface area contributed by atoms with Gasteiger partial charge in [-0.05, 0) is 55.8 Å². The normalized spacial score (nSPS) is 24.4. The van der Waals surface area contributed by atoms with E-state index in [9.17, 15) is 5.11 Å². The molecule has 1 aromatic carbocycles. The Balaban J connectivity index is 1.84.